The number of ether oxygens (including phenoxy) is 2. The normalized spacial score (nSPS) is 12.3. The summed E-state index contributed by atoms with van der Waals surface area (Å²) in [5.41, 5.74) is 1.54. The van der Waals surface area contributed by atoms with E-state index in [4.69, 9.17) is 21.1 Å². The summed E-state index contributed by atoms with van der Waals surface area (Å²) in [4.78, 5) is 12.9. The third-order valence-electron chi connectivity index (χ3n) is 5.27. The second-order valence-electron chi connectivity index (χ2n) is 7.59. The minimum absolute atomic E-state index is 0.0171. The summed E-state index contributed by atoms with van der Waals surface area (Å²) >= 11 is 6.17. The van der Waals surface area contributed by atoms with Crippen LogP contribution in [0.5, 0.6) is 11.5 Å². The van der Waals surface area contributed by atoms with E-state index in [-0.39, 0.29) is 29.0 Å². The Labute approximate surface area is 205 Å². The molecule has 0 unspecified atom stereocenters. The molecule has 0 fully saturated rings. The number of carbonyl (C=O) groups is 1. The van der Waals surface area contributed by atoms with Gasteiger partial charge in [0.25, 0.3) is 0 Å². The SMILES string of the molecule is COc1ccc(S(=O)(=O)N(CC(=O)N[C@H](C)c2ccccc2OC)Cc2ccccc2)cc1Cl. The molecule has 9 heteroatoms. The zero-order valence-electron chi connectivity index (χ0n) is 19.2. The van der Waals surface area contributed by atoms with Crippen LogP contribution in [-0.2, 0) is 21.4 Å². The quantitative estimate of drug-likeness (QED) is 0.443. The van der Waals surface area contributed by atoms with E-state index in [9.17, 15) is 13.2 Å². The summed E-state index contributed by atoms with van der Waals surface area (Å²) in [6.07, 6.45) is 0. The summed E-state index contributed by atoms with van der Waals surface area (Å²) in [7, 11) is -1.04. The lowest BCUT2D eigenvalue weighted by Gasteiger charge is -2.24. The van der Waals surface area contributed by atoms with Crippen molar-refractivity contribution in [3.63, 3.8) is 0 Å². The number of amides is 1. The Kier molecular flexibility index (Phi) is 8.55. The molecule has 0 saturated carbocycles. The van der Waals surface area contributed by atoms with E-state index in [1.807, 2.05) is 43.3 Å². The Morgan fingerprint density at radius 3 is 2.26 bits per heavy atom. The molecule has 1 amide bonds. The molecule has 0 spiro atoms. The third kappa shape index (κ3) is 6.08. The Bertz CT molecular complexity index is 1240. The Morgan fingerprint density at radius 1 is 0.971 bits per heavy atom. The second-order valence-corrected chi connectivity index (χ2v) is 9.93. The van der Waals surface area contributed by atoms with Crippen molar-refractivity contribution in [1.29, 1.82) is 0 Å². The van der Waals surface area contributed by atoms with Gasteiger partial charge in [0.05, 0.1) is 36.7 Å². The largest absolute Gasteiger partial charge is 0.496 e. The average molecular weight is 503 g/mol. The highest BCUT2D eigenvalue weighted by Gasteiger charge is 2.28. The molecule has 180 valence electrons. The molecule has 3 aromatic rings. The van der Waals surface area contributed by atoms with Crippen LogP contribution in [0.15, 0.2) is 77.7 Å². The molecule has 0 aliphatic carbocycles. The number of rotatable bonds is 10. The fraction of sp³-hybridized carbons (Fsp3) is 0.240. The van der Waals surface area contributed by atoms with Crippen LogP contribution in [0.2, 0.25) is 5.02 Å². The van der Waals surface area contributed by atoms with Gasteiger partial charge in [0, 0.05) is 12.1 Å². The molecule has 1 atom stereocenters. The molecule has 3 aromatic carbocycles. The zero-order valence-corrected chi connectivity index (χ0v) is 20.8. The molecule has 1 N–H and O–H groups in total. The van der Waals surface area contributed by atoms with Crippen LogP contribution < -0.4 is 14.8 Å². The highest BCUT2D eigenvalue weighted by atomic mass is 35.5. The average Bonchev–Trinajstić information content (AvgIpc) is 2.84. The summed E-state index contributed by atoms with van der Waals surface area (Å²) < 4.78 is 38.6. The van der Waals surface area contributed by atoms with Crippen molar-refractivity contribution in [3.8, 4) is 11.5 Å². The maximum absolute atomic E-state index is 13.5. The topological polar surface area (TPSA) is 84.9 Å². The van der Waals surface area contributed by atoms with Crippen molar-refractivity contribution in [2.45, 2.75) is 24.4 Å². The first-order chi connectivity index (χ1) is 16.3. The highest BCUT2D eigenvalue weighted by Crippen LogP contribution is 2.29. The van der Waals surface area contributed by atoms with Crippen LogP contribution >= 0.6 is 11.6 Å². The summed E-state index contributed by atoms with van der Waals surface area (Å²) in [5, 5.41) is 3.03. The molecule has 34 heavy (non-hydrogen) atoms. The monoisotopic (exact) mass is 502 g/mol. The first kappa shape index (κ1) is 25.6. The molecular formula is C25H27ClN2O5S. The van der Waals surface area contributed by atoms with Crippen LogP contribution in [-0.4, -0.2) is 39.4 Å². The number of methoxy groups -OCH3 is 2. The maximum Gasteiger partial charge on any atom is 0.243 e. The number of hydrogen-bond acceptors (Lipinski definition) is 5. The molecule has 0 heterocycles. The number of hydrogen-bond donors (Lipinski definition) is 1. The standard InChI is InChI=1S/C25H27ClN2O5S/c1-18(21-11-7-8-12-23(21)32-2)27-25(29)17-28(16-19-9-5-4-6-10-19)34(30,31)20-13-14-24(33-3)22(26)15-20/h4-15,18H,16-17H2,1-3H3,(H,27,29)/t18-/m1/s1. The van der Waals surface area contributed by atoms with Gasteiger partial charge in [-0.05, 0) is 36.8 Å². The number of nitrogens with zero attached hydrogens (tertiary/aromatic N) is 1. The van der Waals surface area contributed by atoms with Crippen molar-refractivity contribution < 1.29 is 22.7 Å². The molecule has 0 aliphatic heterocycles. The third-order valence-corrected chi connectivity index (χ3v) is 7.35. The predicted octanol–water partition coefficient (Wildman–Crippen LogP) is 4.43. The molecule has 0 aromatic heterocycles. The van der Waals surface area contributed by atoms with Crippen molar-refractivity contribution in [1.82, 2.24) is 9.62 Å². The molecule has 0 saturated heterocycles. The molecule has 7 nitrogen and oxygen atoms in total. The highest BCUT2D eigenvalue weighted by molar-refractivity contribution is 7.89. The Balaban J connectivity index is 1.87. The van der Waals surface area contributed by atoms with E-state index in [0.29, 0.717) is 11.5 Å². The van der Waals surface area contributed by atoms with Crippen molar-refractivity contribution in [2.24, 2.45) is 0 Å². The van der Waals surface area contributed by atoms with E-state index >= 15 is 0 Å². The van der Waals surface area contributed by atoms with E-state index in [1.54, 1.807) is 25.3 Å². The first-order valence-electron chi connectivity index (χ1n) is 10.6. The van der Waals surface area contributed by atoms with E-state index in [0.717, 1.165) is 15.4 Å². The molecule has 0 aliphatic rings. The van der Waals surface area contributed by atoms with Crippen molar-refractivity contribution in [3.05, 3.63) is 88.9 Å². The van der Waals surface area contributed by atoms with E-state index in [2.05, 4.69) is 5.32 Å². The first-order valence-corrected chi connectivity index (χ1v) is 12.4. The maximum atomic E-state index is 13.5. The van der Waals surface area contributed by atoms with Gasteiger partial charge < -0.3 is 14.8 Å². The van der Waals surface area contributed by atoms with Crippen LogP contribution in [0.1, 0.15) is 24.1 Å². The van der Waals surface area contributed by atoms with Gasteiger partial charge in [-0.1, -0.05) is 60.1 Å². The van der Waals surface area contributed by atoms with Gasteiger partial charge in [-0.2, -0.15) is 4.31 Å². The number of carbonyl (C=O) groups excluding carboxylic acids is 1. The van der Waals surface area contributed by atoms with Gasteiger partial charge >= 0.3 is 0 Å². The fourth-order valence-electron chi connectivity index (χ4n) is 3.52. The van der Waals surface area contributed by atoms with Crippen LogP contribution in [0.3, 0.4) is 0 Å². The van der Waals surface area contributed by atoms with Crippen LogP contribution in [0.25, 0.3) is 0 Å². The zero-order chi connectivity index (χ0) is 24.7. The summed E-state index contributed by atoms with van der Waals surface area (Å²) in [6.45, 7) is 1.46. The van der Waals surface area contributed by atoms with Gasteiger partial charge in [0.15, 0.2) is 0 Å². The van der Waals surface area contributed by atoms with Crippen molar-refractivity contribution >= 4 is 27.5 Å². The lowest BCUT2D eigenvalue weighted by Crippen LogP contribution is -2.41. The second kappa shape index (κ2) is 11.4. The van der Waals surface area contributed by atoms with E-state index < -0.39 is 15.9 Å². The van der Waals surface area contributed by atoms with Gasteiger partial charge in [-0.25, -0.2) is 8.42 Å². The number of sulfonamides is 1. The lowest BCUT2D eigenvalue weighted by molar-refractivity contribution is -0.122. The van der Waals surface area contributed by atoms with Crippen LogP contribution in [0.4, 0.5) is 0 Å². The van der Waals surface area contributed by atoms with Crippen molar-refractivity contribution in [2.75, 3.05) is 20.8 Å². The number of para-hydroxylation sites is 1. The number of benzene rings is 3. The van der Waals surface area contributed by atoms with E-state index in [1.165, 1.54) is 25.3 Å². The molecular weight excluding hydrogens is 476 g/mol. The smallest absolute Gasteiger partial charge is 0.243 e. The Morgan fingerprint density at radius 2 is 1.62 bits per heavy atom. The lowest BCUT2D eigenvalue weighted by atomic mass is 10.1. The van der Waals surface area contributed by atoms with Crippen LogP contribution in [0, 0.1) is 0 Å². The van der Waals surface area contributed by atoms with Gasteiger partial charge in [-0.15, -0.1) is 0 Å². The molecule has 0 bridgehead atoms. The molecule has 0 radical (unpaired) electrons. The minimum Gasteiger partial charge on any atom is -0.496 e. The molecule has 3 rings (SSSR count). The van der Waals surface area contributed by atoms with Gasteiger partial charge in [-0.3, -0.25) is 4.79 Å². The van der Waals surface area contributed by atoms with Gasteiger partial charge in [0.2, 0.25) is 15.9 Å². The summed E-state index contributed by atoms with van der Waals surface area (Å²) in [6, 6.07) is 20.2. The summed E-state index contributed by atoms with van der Waals surface area (Å²) in [5.74, 6) is 0.549. The minimum atomic E-state index is -4.05. The fourth-order valence-corrected chi connectivity index (χ4v) is 5.25. The number of nitrogens with one attached hydrogen (secondary N) is 1. The Hall–Kier alpha value is -3.07. The van der Waals surface area contributed by atoms with Gasteiger partial charge in [0.1, 0.15) is 11.5 Å². The number of halogens is 1. The predicted molar refractivity (Wildman–Crippen MR) is 132 cm³/mol.